The molecule has 4 rings (SSSR count). The molecule has 3 aromatic rings. The quantitative estimate of drug-likeness (QED) is 0.755. The number of benzene rings is 1. The molecule has 3 heterocycles. The van der Waals surface area contributed by atoms with Crippen molar-refractivity contribution in [3.63, 3.8) is 0 Å². The maximum absolute atomic E-state index is 11.4. The van der Waals surface area contributed by atoms with Gasteiger partial charge in [0.25, 0.3) is 5.91 Å². The van der Waals surface area contributed by atoms with Gasteiger partial charge in [0.2, 0.25) is 0 Å². The molecule has 0 unspecified atom stereocenters. The molecule has 4 N–H and O–H groups in total. The van der Waals surface area contributed by atoms with Crippen molar-refractivity contribution in [1.29, 1.82) is 0 Å². The van der Waals surface area contributed by atoms with Crippen molar-refractivity contribution in [3.8, 4) is 11.1 Å². The minimum absolute atomic E-state index is 0.236. The van der Waals surface area contributed by atoms with Gasteiger partial charge in [0.15, 0.2) is 0 Å². The molecule has 7 heteroatoms. The fraction of sp³-hybridized carbons (Fsp3) is 0.222. The fourth-order valence-electron chi connectivity index (χ4n) is 3.12. The van der Waals surface area contributed by atoms with E-state index >= 15 is 0 Å². The number of fused-ring (bicyclic) bond motifs is 1. The van der Waals surface area contributed by atoms with Gasteiger partial charge in [-0.2, -0.15) is 5.10 Å². The van der Waals surface area contributed by atoms with Crippen LogP contribution in [-0.4, -0.2) is 41.8 Å². The third kappa shape index (κ3) is 2.78. The lowest BCUT2D eigenvalue weighted by Gasteiger charge is -2.28. The predicted octanol–water partition coefficient (Wildman–Crippen LogP) is 1.52. The van der Waals surface area contributed by atoms with Crippen molar-refractivity contribution in [2.45, 2.75) is 0 Å². The number of ether oxygens (including phenoxy) is 1. The first kappa shape index (κ1) is 15.5. The van der Waals surface area contributed by atoms with E-state index in [4.69, 9.17) is 16.2 Å². The summed E-state index contributed by atoms with van der Waals surface area (Å²) in [5.41, 5.74) is 15.9. The second kappa shape index (κ2) is 6.10. The Bertz CT molecular complexity index is 927. The summed E-state index contributed by atoms with van der Waals surface area (Å²) in [5, 5.41) is 4.21. The van der Waals surface area contributed by atoms with Crippen LogP contribution in [-0.2, 0) is 4.74 Å². The third-order valence-corrected chi connectivity index (χ3v) is 4.52. The molecule has 25 heavy (non-hydrogen) atoms. The van der Waals surface area contributed by atoms with Crippen LogP contribution in [0.4, 0.5) is 11.4 Å². The van der Waals surface area contributed by atoms with E-state index in [0.717, 1.165) is 37.4 Å². The average molecular weight is 337 g/mol. The summed E-state index contributed by atoms with van der Waals surface area (Å²) < 4.78 is 7.05. The zero-order valence-corrected chi connectivity index (χ0v) is 13.7. The number of hydrogen-bond acceptors (Lipinski definition) is 5. The number of primary amides is 1. The molecule has 128 valence electrons. The van der Waals surface area contributed by atoms with Gasteiger partial charge in [-0.15, -0.1) is 0 Å². The Labute approximate surface area is 144 Å². The van der Waals surface area contributed by atoms with Crippen LogP contribution in [0, 0.1) is 0 Å². The number of rotatable bonds is 3. The van der Waals surface area contributed by atoms with E-state index in [9.17, 15) is 4.79 Å². The standard InChI is InChI=1S/C18H19N5O2/c19-17-15(18(20)24)10-21-23-11-13(9-16(17)23)12-1-3-14(4-2-12)22-5-7-25-8-6-22/h1-4,9-11H,5-8,19H2,(H2,20,24). The van der Waals surface area contributed by atoms with Crippen LogP contribution in [0.2, 0.25) is 0 Å². The lowest BCUT2D eigenvalue weighted by atomic mass is 10.1. The van der Waals surface area contributed by atoms with Crippen LogP contribution in [0.1, 0.15) is 10.4 Å². The maximum Gasteiger partial charge on any atom is 0.252 e. The van der Waals surface area contributed by atoms with Gasteiger partial charge in [0.05, 0.1) is 36.2 Å². The highest BCUT2D eigenvalue weighted by molar-refractivity contribution is 6.01. The summed E-state index contributed by atoms with van der Waals surface area (Å²) in [4.78, 5) is 13.7. The smallest absolute Gasteiger partial charge is 0.252 e. The monoisotopic (exact) mass is 337 g/mol. The van der Waals surface area contributed by atoms with Gasteiger partial charge in [-0.25, -0.2) is 4.52 Å². The Kier molecular flexibility index (Phi) is 3.77. The summed E-state index contributed by atoms with van der Waals surface area (Å²) in [6.07, 6.45) is 3.29. The first-order valence-electron chi connectivity index (χ1n) is 8.13. The van der Waals surface area contributed by atoms with Gasteiger partial charge in [-0.3, -0.25) is 4.79 Å². The molecule has 1 saturated heterocycles. The van der Waals surface area contributed by atoms with Crippen LogP contribution in [0.25, 0.3) is 16.6 Å². The molecule has 0 spiro atoms. The zero-order chi connectivity index (χ0) is 17.4. The maximum atomic E-state index is 11.4. The highest BCUT2D eigenvalue weighted by atomic mass is 16.5. The van der Waals surface area contributed by atoms with Crippen LogP contribution in [0.3, 0.4) is 0 Å². The number of anilines is 2. The summed E-state index contributed by atoms with van der Waals surface area (Å²) in [6.45, 7) is 3.34. The lowest BCUT2D eigenvalue weighted by Crippen LogP contribution is -2.36. The molecule has 1 aromatic carbocycles. The number of nitrogens with two attached hydrogens (primary N) is 2. The number of nitrogen functional groups attached to an aromatic ring is 1. The third-order valence-electron chi connectivity index (χ3n) is 4.52. The molecule has 1 aliphatic heterocycles. The molecule has 0 bridgehead atoms. The Balaban J connectivity index is 1.67. The summed E-state index contributed by atoms with van der Waals surface area (Å²) in [7, 11) is 0. The predicted molar refractivity (Wildman–Crippen MR) is 96.6 cm³/mol. The molecule has 0 radical (unpaired) electrons. The molecule has 0 saturated carbocycles. The molecule has 1 fully saturated rings. The van der Waals surface area contributed by atoms with E-state index in [2.05, 4.69) is 34.3 Å². The number of nitrogens with zero attached hydrogens (tertiary/aromatic N) is 3. The van der Waals surface area contributed by atoms with E-state index in [1.165, 1.54) is 11.9 Å². The summed E-state index contributed by atoms with van der Waals surface area (Å²) in [6, 6.07) is 10.3. The van der Waals surface area contributed by atoms with E-state index in [-0.39, 0.29) is 5.56 Å². The second-order valence-corrected chi connectivity index (χ2v) is 6.04. The van der Waals surface area contributed by atoms with E-state index in [0.29, 0.717) is 11.2 Å². The number of amides is 1. The van der Waals surface area contributed by atoms with Crippen molar-refractivity contribution in [3.05, 3.63) is 48.3 Å². The average Bonchev–Trinajstić information content (AvgIpc) is 3.08. The molecule has 0 atom stereocenters. The SMILES string of the molecule is NC(=O)c1cnn2cc(-c3ccc(N4CCOCC4)cc3)cc2c1N. The Morgan fingerprint density at radius 3 is 2.52 bits per heavy atom. The minimum Gasteiger partial charge on any atom is -0.396 e. The van der Waals surface area contributed by atoms with Gasteiger partial charge in [-0.1, -0.05) is 12.1 Å². The van der Waals surface area contributed by atoms with Crippen molar-refractivity contribution in [1.82, 2.24) is 9.61 Å². The highest BCUT2D eigenvalue weighted by Gasteiger charge is 2.14. The molecular weight excluding hydrogens is 318 g/mol. The zero-order valence-electron chi connectivity index (χ0n) is 13.7. The van der Waals surface area contributed by atoms with Crippen LogP contribution in [0.15, 0.2) is 42.7 Å². The second-order valence-electron chi connectivity index (χ2n) is 6.04. The van der Waals surface area contributed by atoms with Gasteiger partial charge in [0.1, 0.15) is 0 Å². The van der Waals surface area contributed by atoms with Gasteiger partial charge < -0.3 is 21.1 Å². The first-order chi connectivity index (χ1) is 12.1. The largest absolute Gasteiger partial charge is 0.396 e. The van der Waals surface area contributed by atoms with Crippen molar-refractivity contribution < 1.29 is 9.53 Å². The number of hydrogen-bond donors (Lipinski definition) is 2. The van der Waals surface area contributed by atoms with Crippen molar-refractivity contribution >= 4 is 22.8 Å². The molecular formula is C18H19N5O2. The minimum atomic E-state index is -0.579. The van der Waals surface area contributed by atoms with E-state index in [1.807, 2.05) is 12.3 Å². The Morgan fingerprint density at radius 1 is 1.12 bits per heavy atom. The van der Waals surface area contributed by atoms with Crippen molar-refractivity contribution in [2.24, 2.45) is 5.73 Å². The fourth-order valence-corrected chi connectivity index (χ4v) is 3.12. The van der Waals surface area contributed by atoms with Gasteiger partial charge in [-0.05, 0) is 23.8 Å². The molecule has 1 aliphatic rings. The number of carbonyl (C=O) groups is 1. The molecule has 0 aliphatic carbocycles. The molecule has 1 amide bonds. The summed E-state index contributed by atoms with van der Waals surface area (Å²) in [5.74, 6) is -0.579. The normalized spacial score (nSPS) is 14.8. The molecule has 2 aromatic heterocycles. The van der Waals surface area contributed by atoms with Crippen LogP contribution >= 0.6 is 0 Å². The highest BCUT2D eigenvalue weighted by Crippen LogP contribution is 2.28. The topological polar surface area (TPSA) is 98.9 Å². The van der Waals surface area contributed by atoms with E-state index in [1.54, 1.807) is 4.52 Å². The Morgan fingerprint density at radius 2 is 1.84 bits per heavy atom. The number of carbonyl (C=O) groups excluding carboxylic acids is 1. The summed E-state index contributed by atoms with van der Waals surface area (Å²) >= 11 is 0. The lowest BCUT2D eigenvalue weighted by molar-refractivity contribution is 0.100. The van der Waals surface area contributed by atoms with Crippen LogP contribution < -0.4 is 16.4 Å². The first-order valence-corrected chi connectivity index (χ1v) is 8.13. The number of aromatic nitrogens is 2. The van der Waals surface area contributed by atoms with Gasteiger partial charge >= 0.3 is 0 Å². The van der Waals surface area contributed by atoms with E-state index < -0.39 is 5.91 Å². The molecule has 7 nitrogen and oxygen atoms in total. The van der Waals surface area contributed by atoms with Crippen LogP contribution in [0.5, 0.6) is 0 Å². The number of morpholine rings is 1. The van der Waals surface area contributed by atoms with Crippen molar-refractivity contribution in [2.75, 3.05) is 36.9 Å². The Hall–Kier alpha value is -3.06. The van der Waals surface area contributed by atoms with Gasteiger partial charge in [0, 0.05) is 30.5 Å².